The topological polar surface area (TPSA) is 29.3 Å². The molecule has 7 heavy (non-hydrogen) atoms. The lowest BCUT2D eigenvalue weighted by Crippen LogP contribution is -2.32. The molecule has 1 saturated carbocycles. The summed E-state index contributed by atoms with van der Waals surface area (Å²) in [4.78, 5) is 0. The standard InChI is InChI=1S/C5H12N2/c1-2-7(6)5-3-4-5/h5H,2-4,6H2,1H3. The van der Waals surface area contributed by atoms with Crippen LogP contribution in [0.15, 0.2) is 0 Å². The Kier molecular flexibility index (Phi) is 1.30. The zero-order chi connectivity index (χ0) is 5.28. The number of nitrogens with zero attached hydrogens (tertiary/aromatic N) is 1. The third kappa shape index (κ3) is 1.14. The van der Waals surface area contributed by atoms with Crippen molar-refractivity contribution in [3.63, 3.8) is 0 Å². The monoisotopic (exact) mass is 100 g/mol. The maximum absolute atomic E-state index is 5.51. The van der Waals surface area contributed by atoms with Crippen LogP contribution >= 0.6 is 0 Å². The van der Waals surface area contributed by atoms with E-state index < -0.39 is 0 Å². The highest BCUT2D eigenvalue weighted by atomic mass is 15.4. The fourth-order valence-corrected chi connectivity index (χ4v) is 0.664. The van der Waals surface area contributed by atoms with Crippen LogP contribution in [0, 0.1) is 0 Å². The zero-order valence-electron chi connectivity index (χ0n) is 4.72. The minimum atomic E-state index is 0.727. The van der Waals surface area contributed by atoms with E-state index >= 15 is 0 Å². The molecule has 0 spiro atoms. The first kappa shape index (κ1) is 5.06. The van der Waals surface area contributed by atoms with E-state index in [0.29, 0.717) is 0 Å². The summed E-state index contributed by atoms with van der Waals surface area (Å²) in [7, 11) is 0. The molecule has 1 fully saturated rings. The molecular weight excluding hydrogens is 88.1 g/mol. The molecule has 2 N–H and O–H groups in total. The van der Waals surface area contributed by atoms with Crippen molar-refractivity contribution in [2.75, 3.05) is 6.54 Å². The predicted octanol–water partition coefficient (Wildman–Crippen LogP) is 0.344. The molecule has 0 atom stereocenters. The minimum Gasteiger partial charge on any atom is -0.269 e. The van der Waals surface area contributed by atoms with Crippen LogP contribution in [0.4, 0.5) is 0 Å². The van der Waals surface area contributed by atoms with E-state index in [9.17, 15) is 0 Å². The van der Waals surface area contributed by atoms with Gasteiger partial charge in [-0.05, 0) is 12.8 Å². The van der Waals surface area contributed by atoms with Gasteiger partial charge in [0.1, 0.15) is 0 Å². The number of hydrogen-bond acceptors (Lipinski definition) is 2. The van der Waals surface area contributed by atoms with Crippen LogP contribution < -0.4 is 5.84 Å². The van der Waals surface area contributed by atoms with E-state index in [4.69, 9.17) is 5.84 Å². The van der Waals surface area contributed by atoms with Gasteiger partial charge in [-0.1, -0.05) is 6.92 Å². The maximum Gasteiger partial charge on any atom is 0.0242 e. The third-order valence-corrected chi connectivity index (χ3v) is 1.38. The number of rotatable bonds is 2. The Morgan fingerprint density at radius 3 is 2.43 bits per heavy atom. The van der Waals surface area contributed by atoms with Crippen LogP contribution in [-0.4, -0.2) is 17.6 Å². The van der Waals surface area contributed by atoms with E-state index in [-0.39, 0.29) is 0 Å². The molecule has 0 saturated heterocycles. The minimum absolute atomic E-state index is 0.727. The molecule has 1 rings (SSSR count). The van der Waals surface area contributed by atoms with Crippen molar-refractivity contribution in [2.24, 2.45) is 5.84 Å². The van der Waals surface area contributed by atoms with Crippen LogP contribution in [0.25, 0.3) is 0 Å². The maximum atomic E-state index is 5.51. The van der Waals surface area contributed by atoms with E-state index in [0.717, 1.165) is 12.6 Å². The lowest BCUT2D eigenvalue weighted by atomic mass is 10.6. The van der Waals surface area contributed by atoms with E-state index in [1.807, 2.05) is 5.01 Å². The number of nitrogens with two attached hydrogens (primary N) is 1. The highest BCUT2D eigenvalue weighted by molar-refractivity contribution is 4.80. The normalized spacial score (nSPS) is 21.0. The summed E-state index contributed by atoms with van der Waals surface area (Å²) < 4.78 is 0. The van der Waals surface area contributed by atoms with Gasteiger partial charge in [-0.2, -0.15) is 0 Å². The van der Waals surface area contributed by atoms with Gasteiger partial charge in [0.15, 0.2) is 0 Å². The van der Waals surface area contributed by atoms with Gasteiger partial charge >= 0.3 is 0 Å². The Bertz CT molecular complexity index is 59.1. The Morgan fingerprint density at radius 2 is 2.29 bits per heavy atom. The summed E-state index contributed by atoms with van der Waals surface area (Å²) in [5.74, 6) is 5.51. The Hall–Kier alpha value is -0.0800. The van der Waals surface area contributed by atoms with Crippen LogP contribution in [0.1, 0.15) is 19.8 Å². The molecule has 42 valence electrons. The summed E-state index contributed by atoms with van der Waals surface area (Å²) in [6.07, 6.45) is 2.62. The van der Waals surface area contributed by atoms with Gasteiger partial charge in [-0.15, -0.1) is 0 Å². The largest absolute Gasteiger partial charge is 0.269 e. The molecule has 0 aliphatic heterocycles. The summed E-state index contributed by atoms with van der Waals surface area (Å²) >= 11 is 0. The summed E-state index contributed by atoms with van der Waals surface area (Å²) in [5.41, 5.74) is 0. The molecule has 1 aliphatic carbocycles. The first-order valence-corrected chi connectivity index (χ1v) is 2.86. The smallest absolute Gasteiger partial charge is 0.0242 e. The van der Waals surface area contributed by atoms with Crippen molar-refractivity contribution in [3.05, 3.63) is 0 Å². The molecular formula is C5H12N2. The van der Waals surface area contributed by atoms with Gasteiger partial charge in [-0.25, -0.2) is 5.01 Å². The van der Waals surface area contributed by atoms with Crippen LogP contribution in [0.5, 0.6) is 0 Å². The highest BCUT2D eigenvalue weighted by Gasteiger charge is 2.24. The quantitative estimate of drug-likeness (QED) is 0.400. The van der Waals surface area contributed by atoms with E-state index in [1.165, 1.54) is 12.8 Å². The summed E-state index contributed by atoms with van der Waals surface area (Å²) in [6.45, 7) is 3.07. The van der Waals surface area contributed by atoms with Crippen LogP contribution in [-0.2, 0) is 0 Å². The van der Waals surface area contributed by atoms with Gasteiger partial charge in [0.05, 0.1) is 0 Å². The number of hydrazine groups is 1. The van der Waals surface area contributed by atoms with Crippen molar-refractivity contribution in [3.8, 4) is 0 Å². The molecule has 0 aromatic carbocycles. The van der Waals surface area contributed by atoms with Gasteiger partial charge in [0.25, 0.3) is 0 Å². The lowest BCUT2D eigenvalue weighted by molar-refractivity contribution is 0.288. The van der Waals surface area contributed by atoms with Crippen LogP contribution in [0.3, 0.4) is 0 Å². The molecule has 0 aromatic heterocycles. The van der Waals surface area contributed by atoms with Gasteiger partial charge in [-0.3, -0.25) is 5.84 Å². The fraction of sp³-hybridized carbons (Fsp3) is 1.00. The molecule has 1 aliphatic rings. The molecule has 0 bridgehead atoms. The second-order valence-corrected chi connectivity index (χ2v) is 2.06. The fourth-order valence-electron chi connectivity index (χ4n) is 0.664. The molecule has 0 amide bonds. The van der Waals surface area contributed by atoms with Gasteiger partial charge in [0.2, 0.25) is 0 Å². The van der Waals surface area contributed by atoms with Crippen molar-refractivity contribution in [1.82, 2.24) is 5.01 Å². The summed E-state index contributed by atoms with van der Waals surface area (Å²) in [5, 5.41) is 1.90. The Morgan fingerprint density at radius 1 is 1.71 bits per heavy atom. The summed E-state index contributed by atoms with van der Waals surface area (Å²) in [6, 6.07) is 0.727. The van der Waals surface area contributed by atoms with Crippen LogP contribution in [0.2, 0.25) is 0 Å². The molecule has 2 heteroatoms. The second-order valence-electron chi connectivity index (χ2n) is 2.06. The predicted molar refractivity (Wildman–Crippen MR) is 29.6 cm³/mol. The zero-order valence-corrected chi connectivity index (χ0v) is 4.72. The average Bonchev–Trinajstić information content (AvgIpc) is 2.44. The Labute approximate surface area is 44.3 Å². The molecule has 2 nitrogen and oxygen atoms in total. The second kappa shape index (κ2) is 1.80. The molecule has 0 heterocycles. The van der Waals surface area contributed by atoms with Crippen molar-refractivity contribution in [1.29, 1.82) is 0 Å². The number of hydrogen-bond donors (Lipinski definition) is 1. The van der Waals surface area contributed by atoms with Gasteiger partial charge < -0.3 is 0 Å². The van der Waals surface area contributed by atoms with E-state index in [2.05, 4.69) is 6.92 Å². The third-order valence-electron chi connectivity index (χ3n) is 1.38. The lowest BCUT2D eigenvalue weighted by Gasteiger charge is -2.09. The SMILES string of the molecule is CCN(N)C1CC1. The highest BCUT2D eigenvalue weighted by Crippen LogP contribution is 2.23. The molecule has 0 unspecified atom stereocenters. The first-order valence-electron chi connectivity index (χ1n) is 2.86. The van der Waals surface area contributed by atoms with Crippen molar-refractivity contribution in [2.45, 2.75) is 25.8 Å². The Balaban J connectivity index is 2.10. The first-order chi connectivity index (χ1) is 3.34. The molecule has 0 aromatic rings. The van der Waals surface area contributed by atoms with Gasteiger partial charge in [0, 0.05) is 12.6 Å². The van der Waals surface area contributed by atoms with Crippen molar-refractivity contribution < 1.29 is 0 Å². The average molecular weight is 100 g/mol. The molecule has 0 radical (unpaired) electrons. The van der Waals surface area contributed by atoms with E-state index in [1.54, 1.807) is 0 Å². The van der Waals surface area contributed by atoms with Crippen molar-refractivity contribution >= 4 is 0 Å².